The number of hydrazine groups is 2. The van der Waals surface area contributed by atoms with Gasteiger partial charge in [-0.25, -0.2) is 5.43 Å². The van der Waals surface area contributed by atoms with Crippen LogP contribution in [0.5, 0.6) is 0 Å². The Morgan fingerprint density at radius 1 is 1.30 bits per heavy atom. The minimum absolute atomic E-state index is 0.0169. The van der Waals surface area contributed by atoms with Crippen molar-refractivity contribution in [3.63, 3.8) is 0 Å². The van der Waals surface area contributed by atoms with Crippen LogP contribution in [-0.2, 0) is 4.84 Å². The van der Waals surface area contributed by atoms with Gasteiger partial charge in [-0.2, -0.15) is 0 Å². The highest BCUT2D eigenvalue weighted by atomic mass is 79.9. The van der Waals surface area contributed by atoms with Gasteiger partial charge in [0.1, 0.15) is 10.2 Å². The molecule has 4 aliphatic rings. The molecule has 1 aromatic rings. The first-order valence-electron chi connectivity index (χ1n) is 7.22. The molecule has 3 aliphatic carbocycles. The first-order valence-corrected chi connectivity index (χ1v) is 8.01. The van der Waals surface area contributed by atoms with E-state index in [4.69, 9.17) is 4.84 Å². The predicted molar refractivity (Wildman–Crippen MR) is 77.1 cm³/mol. The van der Waals surface area contributed by atoms with Crippen molar-refractivity contribution in [2.24, 2.45) is 11.8 Å². The lowest BCUT2D eigenvalue weighted by atomic mass is 9.62. The first-order chi connectivity index (χ1) is 9.73. The largest absolute Gasteiger partial charge is 0.264 e. The van der Waals surface area contributed by atoms with Crippen molar-refractivity contribution in [1.82, 2.24) is 20.9 Å². The van der Waals surface area contributed by atoms with Gasteiger partial charge in [0.05, 0.1) is 0 Å². The fourth-order valence-corrected chi connectivity index (χ4v) is 4.08. The number of aromatic nitrogens is 2. The molecule has 3 saturated carbocycles. The fourth-order valence-electron chi connectivity index (χ4n) is 3.87. The van der Waals surface area contributed by atoms with Crippen molar-refractivity contribution in [2.45, 2.75) is 37.7 Å². The first kappa shape index (κ1) is 12.9. The van der Waals surface area contributed by atoms with Crippen LogP contribution < -0.4 is 10.9 Å². The van der Waals surface area contributed by atoms with E-state index >= 15 is 0 Å². The van der Waals surface area contributed by atoms with Crippen molar-refractivity contribution >= 4 is 21.7 Å². The van der Waals surface area contributed by atoms with Crippen LogP contribution in [0.3, 0.4) is 0 Å². The highest BCUT2D eigenvalue weighted by Gasteiger charge is 2.52. The zero-order chi connectivity index (χ0) is 13.6. The van der Waals surface area contributed by atoms with Crippen LogP contribution in [0.2, 0.25) is 0 Å². The van der Waals surface area contributed by atoms with Crippen LogP contribution in [-0.4, -0.2) is 27.6 Å². The van der Waals surface area contributed by atoms with Gasteiger partial charge in [-0.05, 0) is 77.3 Å². The van der Waals surface area contributed by atoms with Gasteiger partial charge in [0.15, 0.2) is 5.82 Å². The van der Waals surface area contributed by atoms with Crippen LogP contribution in [0.25, 0.3) is 0 Å². The number of anilines is 1. The molecule has 1 aromatic heterocycles. The molecule has 108 valence electrons. The molecule has 7 heteroatoms. The van der Waals surface area contributed by atoms with E-state index in [1.54, 1.807) is 5.28 Å². The van der Waals surface area contributed by atoms with Crippen molar-refractivity contribution in [1.29, 1.82) is 0 Å². The molecule has 2 heterocycles. The van der Waals surface area contributed by atoms with Crippen molar-refractivity contribution in [3.05, 3.63) is 16.7 Å². The summed E-state index contributed by atoms with van der Waals surface area (Å²) in [5.41, 5.74) is 6.37. The number of hydrogen-bond acceptors (Lipinski definition) is 6. The Balaban J connectivity index is 1.44. The van der Waals surface area contributed by atoms with Crippen LogP contribution in [0.4, 0.5) is 5.82 Å². The molecule has 0 unspecified atom stereocenters. The Labute approximate surface area is 126 Å². The molecule has 4 fully saturated rings. The van der Waals surface area contributed by atoms with Gasteiger partial charge in [-0.1, -0.05) is 0 Å². The Bertz CT molecular complexity index is 490. The molecule has 1 spiro atoms. The van der Waals surface area contributed by atoms with E-state index in [-0.39, 0.29) is 5.60 Å². The molecule has 1 aliphatic heterocycles. The number of halogens is 1. The van der Waals surface area contributed by atoms with Gasteiger partial charge in [0, 0.05) is 6.54 Å². The highest BCUT2D eigenvalue weighted by Crippen LogP contribution is 2.50. The third kappa shape index (κ3) is 2.22. The number of nitrogens with zero attached hydrogens (tertiary/aromatic N) is 3. The Hall–Kier alpha value is -0.760. The maximum Gasteiger partial charge on any atom is 0.166 e. The fraction of sp³-hybridized carbons (Fsp3) is 0.692. The molecule has 1 atom stereocenters. The van der Waals surface area contributed by atoms with Crippen molar-refractivity contribution in [3.8, 4) is 0 Å². The SMILES string of the molecule is Brc1ccc(NN2NC[C@]3(CC4CCC3CC4)O2)nn1. The van der Waals surface area contributed by atoms with Crippen molar-refractivity contribution in [2.75, 3.05) is 12.0 Å². The van der Waals surface area contributed by atoms with E-state index in [2.05, 4.69) is 37.0 Å². The molecular formula is C13H18BrN5O. The van der Waals surface area contributed by atoms with Crippen LogP contribution in [0.1, 0.15) is 32.1 Å². The van der Waals surface area contributed by atoms with Gasteiger partial charge in [-0.3, -0.25) is 10.3 Å². The van der Waals surface area contributed by atoms with Gasteiger partial charge < -0.3 is 0 Å². The maximum absolute atomic E-state index is 6.19. The lowest BCUT2D eigenvalue weighted by Gasteiger charge is -2.47. The quantitative estimate of drug-likeness (QED) is 0.861. The second-order valence-corrected chi connectivity index (χ2v) is 6.87. The number of hydrogen-bond donors (Lipinski definition) is 2. The van der Waals surface area contributed by atoms with Gasteiger partial charge in [0.2, 0.25) is 0 Å². The smallest absolute Gasteiger partial charge is 0.166 e. The van der Waals surface area contributed by atoms with Gasteiger partial charge in [0.25, 0.3) is 0 Å². The van der Waals surface area contributed by atoms with E-state index in [9.17, 15) is 0 Å². The molecule has 5 rings (SSSR count). The molecule has 2 N–H and O–H groups in total. The lowest BCUT2D eigenvalue weighted by molar-refractivity contribution is -0.235. The Kier molecular flexibility index (Phi) is 3.17. The Morgan fingerprint density at radius 3 is 2.80 bits per heavy atom. The zero-order valence-electron chi connectivity index (χ0n) is 11.2. The standard InChI is InChI=1S/C13H18BrN5O/c14-11-5-6-12(17-16-11)18-19-15-8-13(20-19)7-9-1-3-10(13)4-2-9/h5-6,9-10,15H,1-4,7-8H2,(H,17,18)/t9?,10?,13-/m0/s1. The topological polar surface area (TPSA) is 62.3 Å². The molecular weight excluding hydrogens is 322 g/mol. The summed E-state index contributed by atoms with van der Waals surface area (Å²) in [4.78, 5) is 6.19. The van der Waals surface area contributed by atoms with E-state index in [0.717, 1.165) is 17.1 Å². The maximum atomic E-state index is 6.19. The van der Waals surface area contributed by atoms with Crippen molar-refractivity contribution < 1.29 is 4.84 Å². The summed E-state index contributed by atoms with van der Waals surface area (Å²) in [6.45, 7) is 0.880. The third-order valence-corrected chi connectivity index (χ3v) is 5.29. The minimum Gasteiger partial charge on any atom is -0.264 e. The summed E-state index contributed by atoms with van der Waals surface area (Å²) >= 11 is 3.28. The third-order valence-electron chi connectivity index (χ3n) is 4.87. The minimum atomic E-state index is -0.0169. The summed E-state index contributed by atoms with van der Waals surface area (Å²) in [6, 6.07) is 3.71. The average molecular weight is 340 g/mol. The second-order valence-electron chi connectivity index (χ2n) is 6.06. The molecule has 0 radical (unpaired) electrons. The molecule has 2 bridgehead atoms. The number of fused-ring (bicyclic) bond motifs is 2. The molecule has 20 heavy (non-hydrogen) atoms. The van der Waals surface area contributed by atoms with Gasteiger partial charge in [-0.15, -0.1) is 10.2 Å². The Morgan fingerprint density at radius 2 is 2.15 bits per heavy atom. The van der Waals surface area contributed by atoms with Gasteiger partial charge >= 0.3 is 0 Å². The van der Waals surface area contributed by atoms with Crippen LogP contribution in [0, 0.1) is 11.8 Å². The monoisotopic (exact) mass is 339 g/mol. The molecule has 0 amide bonds. The molecule has 6 nitrogen and oxygen atoms in total. The van der Waals surface area contributed by atoms with E-state index in [1.165, 1.54) is 32.1 Å². The summed E-state index contributed by atoms with van der Waals surface area (Å²) in [7, 11) is 0. The normalized spacial score (nSPS) is 36.6. The number of rotatable bonds is 2. The zero-order valence-corrected chi connectivity index (χ0v) is 12.8. The number of nitrogens with one attached hydrogen (secondary N) is 2. The summed E-state index contributed by atoms with van der Waals surface area (Å²) in [5.74, 6) is 2.19. The molecule has 1 saturated heterocycles. The lowest BCUT2D eigenvalue weighted by Crippen LogP contribution is -2.50. The van der Waals surface area contributed by atoms with Crippen LogP contribution >= 0.6 is 15.9 Å². The highest BCUT2D eigenvalue weighted by molar-refractivity contribution is 9.10. The summed E-state index contributed by atoms with van der Waals surface area (Å²) in [5, 5.41) is 9.62. The second kappa shape index (κ2) is 4.91. The van der Waals surface area contributed by atoms with E-state index in [1.807, 2.05) is 12.1 Å². The van der Waals surface area contributed by atoms with Crippen LogP contribution in [0.15, 0.2) is 16.7 Å². The molecule has 0 aromatic carbocycles. The van der Waals surface area contributed by atoms with E-state index in [0.29, 0.717) is 11.7 Å². The predicted octanol–water partition coefficient (Wildman–Crippen LogP) is 2.27. The summed E-state index contributed by atoms with van der Waals surface area (Å²) in [6.07, 6.45) is 6.54. The summed E-state index contributed by atoms with van der Waals surface area (Å²) < 4.78 is 0.722. The van der Waals surface area contributed by atoms with E-state index < -0.39 is 0 Å². The average Bonchev–Trinajstić information content (AvgIpc) is 2.85.